The van der Waals surface area contributed by atoms with Crippen LogP contribution < -0.4 is 5.32 Å². The van der Waals surface area contributed by atoms with Crippen LogP contribution >= 0.6 is 24.2 Å². The summed E-state index contributed by atoms with van der Waals surface area (Å²) in [5.41, 5.74) is 1.44. The van der Waals surface area contributed by atoms with Gasteiger partial charge in [0.1, 0.15) is 0 Å². The molecular formula is C17H20ClN3O3S. The molecule has 0 radical (unpaired) electrons. The van der Waals surface area contributed by atoms with Crippen LogP contribution in [-0.4, -0.2) is 58.8 Å². The Morgan fingerprint density at radius 1 is 1.20 bits per heavy atom. The lowest BCUT2D eigenvalue weighted by atomic mass is 10.0. The summed E-state index contributed by atoms with van der Waals surface area (Å²) >= 11 is 1.03. The fourth-order valence-electron chi connectivity index (χ4n) is 3.72. The molecule has 3 fully saturated rings. The Morgan fingerprint density at radius 3 is 2.56 bits per heavy atom. The van der Waals surface area contributed by atoms with Gasteiger partial charge in [-0.05, 0) is 29.5 Å². The first-order chi connectivity index (χ1) is 11.6. The monoisotopic (exact) mass is 381 g/mol. The molecule has 3 saturated heterocycles. The van der Waals surface area contributed by atoms with Gasteiger partial charge in [0, 0.05) is 31.7 Å². The van der Waals surface area contributed by atoms with Crippen LogP contribution in [0.1, 0.15) is 15.9 Å². The largest absolute Gasteiger partial charge is 0.338 e. The summed E-state index contributed by atoms with van der Waals surface area (Å²) in [6, 6.07) is 7.28. The van der Waals surface area contributed by atoms with E-state index in [4.69, 9.17) is 0 Å². The highest BCUT2D eigenvalue weighted by molar-refractivity contribution is 8.14. The Bertz CT molecular complexity index is 686. The number of thioether (sulfide) groups is 1. The molecule has 6 nitrogen and oxygen atoms in total. The van der Waals surface area contributed by atoms with E-state index in [1.165, 1.54) is 4.90 Å². The minimum atomic E-state index is -0.211. The van der Waals surface area contributed by atoms with Gasteiger partial charge in [-0.3, -0.25) is 19.3 Å². The van der Waals surface area contributed by atoms with Crippen LogP contribution in [0, 0.1) is 11.8 Å². The highest BCUT2D eigenvalue weighted by Gasteiger charge is 2.38. The van der Waals surface area contributed by atoms with E-state index in [0.29, 0.717) is 17.4 Å². The van der Waals surface area contributed by atoms with Gasteiger partial charge in [0.25, 0.3) is 11.1 Å². The van der Waals surface area contributed by atoms with E-state index in [1.807, 2.05) is 17.0 Å². The third kappa shape index (κ3) is 3.54. The van der Waals surface area contributed by atoms with Crippen molar-refractivity contribution in [1.29, 1.82) is 0 Å². The fourth-order valence-corrected chi connectivity index (χ4v) is 4.45. The van der Waals surface area contributed by atoms with Crippen LogP contribution in [0.2, 0.25) is 0 Å². The van der Waals surface area contributed by atoms with Crippen LogP contribution in [0.5, 0.6) is 0 Å². The van der Waals surface area contributed by atoms with Crippen LogP contribution in [-0.2, 0) is 11.3 Å². The molecule has 1 aromatic carbocycles. The van der Waals surface area contributed by atoms with Crippen molar-refractivity contribution in [3.8, 4) is 0 Å². The van der Waals surface area contributed by atoms with Crippen LogP contribution in [0.15, 0.2) is 24.3 Å². The second-order valence-corrected chi connectivity index (χ2v) is 7.55. The van der Waals surface area contributed by atoms with Crippen LogP contribution in [0.3, 0.4) is 0 Å². The summed E-state index contributed by atoms with van der Waals surface area (Å²) in [4.78, 5) is 39.4. The van der Waals surface area contributed by atoms with Crippen molar-refractivity contribution < 1.29 is 14.4 Å². The maximum Gasteiger partial charge on any atom is 0.289 e. The summed E-state index contributed by atoms with van der Waals surface area (Å²) in [7, 11) is 0. The molecule has 3 amide bonds. The number of halogens is 1. The zero-order chi connectivity index (χ0) is 16.7. The van der Waals surface area contributed by atoms with Crippen molar-refractivity contribution in [2.75, 3.05) is 31.9 Å². The number of benzene rings is 1. The van der Waals surface area contributed by atoms with E-state index < -0.39 is 0 Å². The summed E-state index contributed by atoms with van der Waals surface area (Å²) < 4.78 is 0. The Hall–Kier alpha value is -1.57. The van der Waals surface area contributed by atoms with Crippen LogP contribution in [0.4, 0.5) is 4.79 Å². The molecule has 8 heteroatoms. The second kappa shape index (κ2) is 7.35. The smallest absolute Gasteiger partial charge is 0.289 e. The molecule has 134 valence electrons. The normalized spacial score (nSPS) is 25.3. The molecule has 0 unspecified atom stereocenters. The second-order valence-electron chi connectivity index (χ2n) is 6.62. The highest BCUT2D eigenvalue weighted by Crippen LogP contribution is 2.28. The van der Waals surface area contributed by atoms with E-state index in [9.17, 15) is 14.4 Å². The van der Waals surface area contributed by atoms with Crippen molar-refractivity contribution in [3.05, 3.63) is 35.4 Å². The first-order valence-electron chi connectivity index (χ1n) is 8.18. The number of amides is 3. The zero-order valence-corrected chi connectivity index (χ0v) is 15.3. The molecule has 0 spiro atoms. The van der Waals surface area contributed by atoms with Crippen molar-refractivity contribution in [3.63, 3.8) is 0 Å². The van der Waals surface area contributed by atoms with Gasteiger partial charge in [0.05, 0.1) is 12.3 Å². The van der Waals surface area contributed by atoms with E-state index in [0.717, 1.165) is 43.5 Å². The lowest BCUT2D eigenvalue weighted by molar-refractivity contribution is -0.125. The number of carbonyl (C=O) groups is 3. The Labute approximate surface area is 156 Å². The van der Waals surface area contributed by atoms with E-state index in [2.05, 4.69) is 5.32 Å². The molecule has 1 aromatic rings. The van der Waals surface area contributed by atoms with Gasteiger partial charge in [-0.25, -0.2) is 0 Å². The summed E-state index contributed by atoms with van der Waals surface area (Å²) in [5.74, 6) is 1.21. The molecular weight excluding hydrogens is 362 g/mol. The van der Waals surface area contributed by atoms with Gasteiger partial charge in [0.2, 0.25) is 5.91 Å². The van der Waals surface area contributed by atoms with Crippen molar-refractivity contribution in [2.24, 2.45) is 11.8 Å². The molecule has 4 rings (SSSR count). The lowest BCUT2D eigenvalue weighted by Crippen LogP contribution is -2.32. The average molecular weight is 382 g/mol. The van der Waals surface area contributed by atoms with Crippen molar-refractivity contribution in [1.82, 2.24) is 15.1 Å². The van der Waals surface area contributed by atoms with Gasteiger partial charge in [-0.15, -0.1) is 12.4 Å². The molecule has 0 saturated carbocycles. The number of carbonyl (C=O) groups excluding carboxylic acids is 3. The third-order valence-corrected chi connectivity index (χ3v) is 5.89. The van der Waals surface area contributed by atoms with Gasteiger partial charge >= 0.3 is 0 Å². The molecule has 3 aliphatic heterocycles. The topological polar surface area (TPSA) is 69.7 Å². The summed E-state index contributed by atoms with van der Waals surface area (Å²) in [6.45, 7) is 3.83. The third-order valence-electron chi connectivity index (χ3n) is 5.03. The molecule has 3 aliphatic rings. The number of nitrogens with zero attached hydrogens (tertiary/aromatic N) is 2. The standard InChI is InChI=1S/C17H19N3O3S.ClH/c21-15-10-24-17(23)20(15)7-11-2-1-3-12(4-11)16(22)19-8-13-5-18-6-14(13)9-19;/h1-4,13-14,18H,5-10H2;1H/t13-,14+;. The molecule has 1 N–H and O–H groups in total. The van der Waals surface area contributed by atoms with Crippen molar-refractivity contribution in [2.45, 2.75) is 6.54 Å². The molecule has 0 aromatic heterocycles. The minimum Gasteiger partial charge on any atom is -0.338 e. The van der Waals surface area contributed by atoms with E-state index in [1.54, 1.807) is 12.1 Å². The lowest BCUT2D eigenvalue weighted by Gasteiger charge is -2.18. The number of rotatable bonds is 3. The molecule has 25 heavy (non-hydrogen) atoms. The number of nitrogens with one attached hydrogen (secondary N) is 1. The van der Waals surface area contributed by atoms with Gasteiger partial charge < -0.3 is 10.2 Å². The number of hydrogen-bond donors (Lipinski definition) is 1. The molecule has 3 heterocycles. The van der Waals surface area contributed by atoms with E-state index >= 15 is 0 Å². The zero-order valence-electron chi connectivity index (χ0n) is 13.6. The summed E-state index contributed by atoms with van der Waals surface area (Å²) in [5, 5.41) is 3.16. The van der Waals surface area contributed by atoms with Gasteiger partial charge in [0.15, 0.2) is 0 Å². The highest BCUT2D eigenvalue weighted by atomic mass is 35.5. The number of hydrogen-bond acceptors (Lipinski definition) is 5. The molecule has 0 bridgehead atoms. The SMILES string of the molecule is Cl.O=C(c1cccc(CN2C(=O)CSC2=O)c1)N1C[C@H]2CNC[C@H]2C1. The van der Waals surface area contributed by atoms with Crippen molar-refractivity contribution >= 4 is 41.2 Å². The quantitative estimate of drug-likeness (QED) is 0.861. The Kier molecular flexibility index (Phi) is 5.36. The number of likely N-dealkylation sites (tertiary alicyclic amines) is 1. The Morgan fingerprint density at radius 2 is 1.92 bits per heavy atom. The van der Waals surface area contributed by atoms with Gasteiger partial charge in [-0.2, -0.15) is 0 Å². The van der Waals surface area contributed by atoms with Gasteiger partial charge in [-0.1, -0.05) is 23.9 Å². The molecule has 0 aliphatic carbocycles. The predicted molar refractivity (Wildman–Crippen MR) is 97.8 cm³/mol. The predicted octanol–water partition coefficient (Wildman–Crippen LogP) is 1.60. The van der Waals surface area contributed by atoms with E-state index in [-0.39, 0.29) is 41.8 Å². The first kappa shape index (κ1) is 18.2. The Balaban J connectivity index is 0.00000182. The maximum atomic E-state index is 12.8. The van der Waals surface area contributed by atoms with Crippen LogP contribution in [0.25, 0.3) is 0 Å². The number of fused-ring (bicyclic) bond motifs is 1. The first-order valence-corrected chi connectivity index (χ1v) is 9.16. The minimum absolute atomic E-state index is 0. The molecule has 2 atom stereocenters. The summed E-state index contributed by atoms with van der Waals surface area (Å²) in [6.07, 6.45) is 0. The fraction of sp³-hybridized carbons (Fsp3) is 0.471. The maximum absolute atomic E-state index is 12.8. The average Bonchev–Trinajstić information content (AvgIpc) is 3.25. The number of imide groups is 1.